The topological polar surface area (TPSA) is 29.5 Å². The van der Waals surface area contributed by atoms with Crippen molar-refractivity contribution in [3.05, 3.63) is 58.4 Å². The van der Waals surface area contributed by atoms with Crippen molar-refractivity contribution in [3.63, 3.8) is 0 Å². The highest BCUT2D eigenvalue weighted by atomic mass is 19.1. The first kappa shape index (κ1) is 25.2. The number of hydrogen-bond acceptors (Lipinski definition) is 3. The predicted molar refractivity (Wildman–Crippen MR) is 148 cm³/mol. The van der Waals surface area contributed by atoms with E-state index in [2.05, 4.69) is 32.6 Å². The smallest absolute Gasteiger partial charge is 0.155 e. The Balaban J connectivity index is 1.20. The van der Waals surface area contributed by atoms with Crippen LogP contribution in [-0.4, -0.2) is 35.0 Å². The second-order valence-electron chi connectivity index (χ2n) is 14.1. The fourth-order valence-corrected chi connectivity index (χ4v) is 10.4. The van der Waals surface area contributed by atoms with Gasteiger partial charge in [-0.15, -0.1) is 0 Å². The second-order valence-corrected chi connectivity index (χ2v) is 14.1. The van der Waals surface area contributed by atoms with Gasteiger partial charge in [0.05, 0.1) is 11.7 Å². The van der Waals surface area contributed by atoms with Crippen LogP contribution in [0.3, 0.4) is 0 Å². The third kappa shape index (κ3) is 3.61. The average molecular weight is 518 g/mol. The number of rotatable bonds is 2. The molecule has 4 heteroatoms. The molecule has 4 fully saturated rings. The van der Waals surface area contributed by atoms with Crippen LogP contribution in [-0.2, 0) is 16.1 Å². The average Bonchev–Trinajstić information content (AvgIpc) is 3.40. The summed E-state index contributed by atoms with van der Waals surface area (Å²) in [6.07, 6.45) is 11.1. The highest BCUT2D eigenvalue weighted by Crippen LogP contribution is 2.65. The molecule has 1 aromatic rings. The van der Waals surface area contributed by atoms with Crippen molar-refractivity contribution >= 4 is 5.78 Å². The Hall–Kier alpha value is -1.78. The molecular formula is C34H44FNO2. The summed E-state index contributed by atoms with van der Waals surface area (Å²) in [6.45, 7) is 11.7. The number of halogens is 1. The maximum atomic E-state index is 13.6. The molecule has 38 heavy (non-hydrogen) atoms. The number of fused-ring (bicyclic) bond motifs is 6. The third-order valence-corrected chi connectivity index (χ3v) is 12.3. The van der Waals surface area contributed by atoms with Gasteiger partial charge in [0.2, 0.25) is 0 Å². The zero-order valence-electron chi connectivity index (χ0n) is 23.6. The van der Waals surface area contributed by atoms with Crippen LogP contribution in [0.2, 0.25) is 0 Å². The predicted octanol–water partition coefficient (Wildman–Crippen LogP) is 7.26. The van der Waals surface area contributed by atoms with Gasteiger partial charge in [0.25, 0.3) is 0 Å². The summed E-state index contributed by atoms with van der Waals surface area (Å²) in [7, 11) is 0. The molecule has 9 atom stereocenters. The zero-order chi connectivity index (χ0) is 26.4. The number of allylic oxidation sites excluding steroid dienone is 3. The van der Waals surface area contributed by atoms with E-state index in [9.17, 15) is 9.18 Å². The number of carbonyl (C=O) groups excluding carboxylic acids is 1. The molecule has 2 heterocycles. The van der Waals surface area contributed by atoms with E-state index in [4.69, 9.17) is 4.74 Å². The third-order valence-electron chi connectivity index (χ3n) is 12.3. The standard InChI is InChI=1S/C34H44FNO2/c1-20-15-31-32(36(18-20)19-23-5-8-25(35)9-6-23)22(3)34(38-31)14-12-27-28-10-7-24-16-26(37)11-13-33(24,4)30(28)17-29(27)21(34)2/h5-6,8-9,16,20,22,27-28,30-32H,7,10-15,17-19H2,1-4H3/t20-,22+,27-,28-,30?,31+,32-,33-,34-/m0/s1. The number of carbonyl (C=O) groups is 1. The molecule has 0 radical (unpaired) electrons. The minimum atomic E-state index is -0.164. The van der Waals surface area contributed by atoms with Crippen molar-refractivity contribution in [2.75, 3.05) is 6.54 Å². The number of nitrogens with zero attached hydrogens (tertiary/aromatic N) is 1. The van der Waals surface area contributed by atoms with Gasteiger partial charge in [-0.05, 0) is 110 Å². The van der Waals surface area contributed by atoms with Gasteiger partial charge in [0.15, 0.2) is 5.78 Å². The number of hydrogen-bond donors (Lipinski definition) is 0. The maximum Gasteiger partial charge on any atom is 0.155 e. The van der Waals surface area contributed by atoms with Crippen LogP contribution in [0.1, 0.15) is 84.6 Å². The minimum Gasteiger partial charge on any atom is -0.365 e. The SMILES string of the molecule is CC1=C2CC3[C@@H](CCC4=CC(=O)CC[C@@]43C)[C@@H]2CC[C@]12O[C@@H]1C[C@H](C)CN(Cc3ccc(F)cc3)[C@H]1[C@H]2C. The van der Waals surface area contributed by atoms with Gasteiger partial charge < -0.3 is 4.74 Å². The number of piperidine rings is 1. The van der Waals surface area contributed by atoms with Crippen LogP contribution in [0.15, 0.2) is 47.1 Å². The van der Waals surface area contributed by atoms with E-state index in [1.54, 1.807) is 23.3 Å². The lowest BCUT2D eigenvalue weighted by molar-refractivity contribution is -0.116. The molecule has 0 amide bonds. The van der Waals surface area contributed by atoms with Crippen LogP contribution in [0.5, 0.6) is 0 Å². The number of likely N-dealkylation sites (tertiary alicyclic amines) is 1. The molecule has 3 nitrogen and oxygen atoms in total. The highest BCUT2D eigenvalue weighted by molar-refractivity contribution is 5.91. The molecule has 1 aromatic carbocycles. The van der Waals surface area contributed by atoms with E-state index in [1.807, 2.05) is 18.2 Å². The molecule has 6 aliphatic rings. The molecule has 0 bridgehead atoms. The summed E-state index contributed by atoms with van der Waals surface area (Å²) in [4.78, 5) is 14.9. The Bertz CT molecular complexity index is 1200. The first-order valence-electron chi connectivity index (χ1n) is 15.3. The van der Waals surface area contributed by atoms with Gasteiger partial charge in [-0.3, -0.25) is 9.69 Å². The number of ketones is 1. The summed E-state index contributed by atoms with van der Waals surface area (Å²) in [5.41, 5.74) is 5.96. The molecular weight excluding hydrogens is 473 g/mol. The number of ether oxygens (including phenoxy) is 1. The molecule has 1 spiro atoms. The summed E-state index contributed by atoms with van der Waals surface area (Å²) in [6, 6.07) is 7.48. The lowest BCUT2D eigenvalue weighted by Crippen LogP contribution is -2.51. The van der Waals surface area contributed by atoms with Crippen LogP contribution in [0, 0.1) is 40.8 Å². The molecule has 204 valence electrons. The molecule has 7 rings (SSSR count). The van der Waals surface area contributed by atoms with E-state index in [-0.39, 0.29) is 22.9 Å². The van der Waals surface area contributed by atoms with Gasteiger partial charge in [0, 0.05) is 31.5 Å². The van der Waals surface area contributed by atoms with Gasteiger partial charge in [-0.1, -0.05) is 44.1 Å². The summed E-state index contributed by atoms with van der Waals surface area (Å²) in [5.74, 6) is 3.36. The Kier molecular flexibility index (Phi) is 5.88. The summed E-state index contributed by atoms with van der Waals surface area (Å²) in [5, 5.41) is 0. The molecule has 0 aromatic heterocycles. The first-order chi connectivity index (χ1) is 18.2. The Morgan fingerprint density at radius 3 is 2.68 bits per heavy atom. The molecule has 2 aliphatic heterocycles. The molecule has 2 saturated carbocycles. The quantitative estimate of drug-likeness (QED) is 0.387. The second kappa shape index (κ2) is 8.86. The van der Waals surface area contributed by atoms with Gasteiger partial charge in [-0.2, -0.15) is 0 Å². The largest absolute Gasteiger partial charge is 0.365 e. The summed E-state index contributed by atoms with van der Waals surface area (Å²) < 4.78 is 20.8. The Morgan fingerprint density at radius 1 is 1.11 bits per heavy atom. The monoisotopic (exact) mass is 517 g/mol. The van der Waals surface area contributed by atoms with Crippen molar-refractivity contribution in [1.29, 1.82) is 0 Å². The lowest BCUT2D eigenvalue weighted by atomic mass is 9.56. The number of benzene rings is 1. The Morgan fingerprint density at radius 2 is 1.89 bits per heavy atom. The van der Waals surface area contributed by atoms with E-state index >= 15 is 0 Å². The van der Waals surface area contributed by atoms with Crippen molar-refractivity contribution < 1.29 is 13.9 Å². The fraction of sp³-hybridized carbons (Fsp3) is 0.676. The van der Waals surface area contributed by atoms with Crippen LogP contribution < -0.4 is 0 Å². The van der Waals surface area contributed by atoms with Crippen molar-refractivity contribution in [1.82, 2.24) is 4.90 Å². The maximum absolute atomic E-state index is 13.6. The minimum absolute atomic E-state index is 0.151. The van der Waals surface area contributed by atoms with E-state index in [0.717, 1.165) is 51.1 Å². The molecule has 2 saturated heterocycles. The fourth-order valence-electron chi connectivity index (χ4n) is 10.4. The lowest BCUT2D eigenvalue weighted by Gasteiger charge is -2.48. The Labute approximate surface area is 227 Å². The first-order valence-corrected chi connectivity index (χ1v) is 15.3. The van der Waals surface area contributed by atoms with Crippen molar-refractivity contribution in [2.45, 2.75) is 103 Å². The zero-order valence-corrected chi connectivity index (χ0v) is 23.6. The van der Waals surface area contributed by atoms with Gasteiger partial charge in [0.1, 0.15) is 5.82 Å². The van der Waals surface area contributed by atoms with Crippen molar-refractivity contribution in [2.24, 2.45) is 35.0 Å². The van der Waals surface area contributed by atoms with Gasteiger partial charge >= 0.3 is 0 Å². The van der Waals surface area contributed by atoms with E-state index < -0.39 is 0 Å². The van der Waals surface area contributed by atoms with E-state index in [1.165, 1.54) is 30.4 Å². The molecule has 0 N–H and O–H groups in total. The van der Waals surface area contributed by atoms with Crippen LogP contribution >= 0.6 is 0 Å². The molecule has 4 aliphatic carbocycles. The normalized spacial score (nSPS) is 44.5. The van der Waals surface area contributed by atoms with Crippen LogP contribution in [0.4, 0.5) is 4.39 Å². The van der Waals surface area contributed by atoms with Crippen LogP contribution in [0.25, 0.3) is 0 Å². The molecule has 1 unspecified atom stereocenters. The van der Waals surface area contributed by atoms with E-state index in [0.29, 0.717) is 35.5 Å². The summed E-state index contributed by atoms with van der Waals surface area (Å²) >= 11 is 0. The van der Waals surface area contributed by atoms with Crippen molar-refractivity contribution in [3.8, 4) is 0 Å². The highest BCUT2D eigenvalue weighted by Gasteiger charge is 2.61. The van der Waals surface area contributed by atoms with Gasteiger partial charge in [-0.25, -0.2) is 4.39 Å².